The van der Waals surface area contributed by atoms with Gasteiger partial charge in [0, 0.05) is 33.3 Å². The summed E-state index contributed by atoms with van der Waals surface area (Å²) in [6.45, 7) is 9.31. The standard InChI is InChI=1S/C20H34N4O/c1-16-5-7-19(8-6-16)14-24-11-9-18(10-12-24)13-22-20(21-3)23-17(2)15-25-4/h5-8,17-18H,9-15H2,1-4H3,(H2,21,22,23). The van der Waals surface area contributed by atoms with Gasteiger partial charge < -0.3 is 15.4 Å². The number of hydrogen-bond donors (Lipinski definition) is 2. The average molecular weight is 347 g/mol. The topological polar surface area (TPSA) is 48.9 Å². The van der Waals surface area contributed by atoms with Gasteiger partial charge in [-0.05, 0) is 51.3 Å². The molecule has 0 radical (unpaired) electrons. The van der Waals surface area contributed by atoms with E-state index >= 15 is 0 Å². The smallest absolute Gasteiger partial charge is 0.191 e. The van der Waals surface area contributed by atoms with Crippen LogP contribution in [0.15, 0.2) is 29.3 Å². The van der Waals surface area contributed by atoms with E-state index in [0.717, 1.165) is 19.0 Å². The van der Waals surface area contributed by atoms with Crippen molar-refractivity contribution in [2.45, 2.75) is 39.3 Å². The minimum Gasteiger partial charge on any atom is -0.383 e. The van der Waals surface area contributed by atoms with Crippen LogP contribution in [0.1, 0.15) is 30.9 Å². The van der Waals surface area contributed by atoms with E-state index < -0.39 is 0 Å². The lowest BCUT2D eigenvalue weighted by molar-refractivity contribution is 0.175. The number of piperidine rings is 1. The lowest BCUT2D eigenvalue weighted by atomic mass is 9.96. The maximum Gasteiger partial charge on any atom is 0.191 e. The van der Waals surface area contributed by atoms with Crippen LogP contribution in [0.2, 0.25) is 0 Å². The minimum atomic E-state index is 0.257. The molecule has 1 atom stereocenters. The monoisotopic (exact) mass is 346 g/mol. The first-order valence-corrected chi connectivity index (χ1v) is 9.34. The van der Waals surface area contributed by atoms with Crippen molar-refractivity contribution in [1.82, 2.24) is 15.5 Å². The molecule has 2 rings (SSSR count). The molecule has 1 fully saturated rings. The molecule has 0 bridgehead atoms. The minimum absolute atomic E-state index is 0.257. The van der Waals surface area contributed by atoms with Crippen molar-refractivity contribution in [3.63, 3.8) is 0 Å². The molecule has 1 aromatic carbocycles. The fourth-order valence-corrected chi connectivity index (χ4v) is 3.26. The number of guanidine groups is 1. The number of likely N-dealkylation sites (tertiary alicyclic amines) is 1. The average Bonchev–Trinajstić information content (AvgIpc) is 2.62. The van der Waals surface area contributed by atoms with Gasteiger partial charge in [-0.1, -0.05) is 29.8 Å². The van der Waals surface area contributed by atoms with Crippen LogP contribution >= 0.6 is 0 Å². The molecule has 1 heterocycles. The molecule has 2 N–H and O–H groups in total. The Bertz CT molecular complexity index is 521. The first-order valence-electron chi connectivity index (χ1n) is 9.34. The van der Waals surface area contributed by atoms with Crippen molar-refractivity contribution in [3.8, 4) is 0 Å². The Labute approximate surface area is 152 Å². The van der Waals surface area contributed by atoms with Crippen LogP contribution in [-0.2, 0) is 11.3 Å². The summed E-state index contributed by atoms with van der Waals surface area (Å²) in [5, 5.41) is 6.82. The Hall–Kier alpha value is -1.59. The summed E-state index contributed by atoms with van der Waals surface area (Å²) >= 11 is 0. The molecule has 5 heteroatoms. The van der Waals surface area contributed by atoms with Crippen molar-refractivity contribution in [1.29, 1.82) is 0 Å². The summed E-state index contributed by atoms with van der Waals surface area (Å²) in [5.74, 6) is 1.58. The van der Waals surface area contributed by atoms with E-state index in [9.17, 15) is 0 Å². The van der Waals surface area contributed by atoms with Crippen LogP contribution in [0.25, 0.3) is 0 Å². The molecule has 0 amide bonds. The quantitative estimate of drug-likeness (QED) is 0.588. The van der Waals surface area contributed by atoms with Crippen molar-refractivity contribution >= 4 is 5.96 Å². The van der Waals surface area contributed by atoms with Gasteiger partial charge in [0.1, 0.15) is 0 Å². The second-order valence-corrected chi connectivity index (χ2v) is 7.16. The molecule has 0 spiro atoms. The number of nitrogens with one attached hydrogen (secondary N) is 2. The zero-order valence-corrected chi connectivity index (χ0v) is 16.2. The molecule has 1 aliphatic heterocycles. The van der Waals surface area contributed by atoms with Crippen LogP contribution in [0, 0.1) is 12.8 Å². The maximum atomic E-state index is 5.16. The van der Waals surface area contributed by atoms with Crippen LogP contribution in [-0.4, -0.2) is 57.3 Å². The van der Waals surface area contributed by atoms with E-state index in [1.807, 2.05) is 7.05 Å². The van der Waals surface area contributed by atoms with Gasteiger partial charge >= 0.3 is 0 Å². The molecule has 140 valence electrons. The van der Waals surface area contributed by atoms with Crippen LogP contribution in [0.5, 0.6) is 0 Å². The van der Waals surface area contributed by atoms with E-state index in [-0.39, 0.29) is 6.04 Å². The van der Waals surface area contributed by atoms with E-state index in [0.29, 0.717) is 12.5 Å². The summed E-state index contributed by atoms with van der Waals surface area (Å²) in [6, 6.07) is 9.16. The SMILES string of the molecule is CN=C(NCC1CCN(Cc2ccc(C)cc2)CC1)NC(C)COC. The van der Waals surface area contributed by atoms with Gasteiger partial charge in [0.2, 0.25) is 0 Å². The fourth-order valence-electron chi connectivity index (χ4n) is 3.26. The number of hydrogen-bond acceptors (Lipinski definition) is 3. The molecular weight excluding hydrogens is 312 g/mol. The molecule has 25 heavy (non-hydrogen) atoms. The number of rotatable bonds is 7. The first-order chi connectivity index (χ1) is 12.1. The van der Waals surface area contributed by atoms with E-state index in [1.54, 1.807) is 7.11 Å². The van der Waals surface area contributed by atoms with Gasteiger partial charge in [-0.25, -0.2) is 0 Å². The third-order valence-corrected chi connectivity index (χ3v) is 4.82. The number of ether oxygens (including phenoxy) is 1. The van der Waals surface area contributed by atoms with Gasteiger partial charge in [0.05, 0.1) is 6.61 Å². The van der Waals surface area contributed by atoms with E-state index in [1.165, 1.54) is 37.1 Å². The van der Waals surface area contributed by atoms with Gasteiger partial charge in [-0.15, -0.1) is 0 Å². The lowest BCUT2D eigenvalue weighted by Crippen LogP contribution is -2.46. The highest BCUT2D eigenvalue weighted by atomic mass is 16.5. The molecule has 1 aromatic rings. The molecule has 0 saturated carbocycles. The van der Waals surface area contributed by atoms with Crippen LogP contribution in [0.3, 0.4) is 0 Å². The van der Waals surface area contributed by atoms with Crippen LogP contribution in [0.4, 0.5) is 0 Å². The van der Waals surface area contributed by atoms with Crippen LogP contribution < -0.4 is 10.6 Å². The van der Waals surface area contributed by atoms with Crippen molar-refractivity contribution in [2.24, 2.45) is 10.9 Å². The number of aryl methyl sites for hydroxylation is 1. The third kappa shape index (κ3) is 7.04. The predicted octanol–water partition coefficient (Wildman–Crippen LogP) is 2.41. The number of methoxy groups -OCH3 is 1. The Morgan fingerprint density at radius 1 is 1.28 bits per heavy atom. The van der Waals surface area contributed by atoms with Crippen molar-refractivity contribution < 1.29 is 4.74 Å². The highest BCUT2D eigenvalue weighted by molar-refractivity contribution is 5.79. The summed E-state index contributed by atoms with van der Waals surface area (Å²) in [4.78, 5) is 6.87. The highest BCUT2D eigenvalue weighted by Crippen LogP contribution is 2.18. The maximum absolute atomic E-state index is 5.16. The van der Waals surface area contributed by atoms with Crippen molar-refractivity contribution in [2.75, 3.05) is 40.4 Å². The van der Waals surface area contributed by atoms with E-state index in [4.69, 9.17) is 4.74 Å². The van der Waals surface area contributed by atoms with Gasteiger partial charge in [-0.3, -0.25) is 9.89 Å². The summed E-state index contributed by atoms with van der Waals surface area (Å²) in [6.07, 6.45) is 2.48. The van der Waals surface area contributed by atoms with Gasteiger partial charge in [0.25, 0.3) is 0 Å². The number of nitrogens with zero attached hydrogens (tertiary/aromatic N) is 2. The summed E-state index contributed by atoms with van der Waals surface area (Å²) < 4.78 is 5.16. The predicted molar refractivity (Wildman–Crippen MR) is 105 cm³/mol. The van der Waals surface area contributed by atoms with Gasteiger partial charge in [0.15, 0.2) is 5.96 Å². The number of benzene rings is 1. The highest BCUT2D eigenvalue weighted by Gasteiger charge is 2.19. The molecule has 1 unspecified atom stereocenters. The Kier molecular flexibility index (Phi) is 8.22. The Balaban J connectivity index is 1.68. The Morgan fingerprint density at radius 3 is 2.56 bits per heavy atom. The second kappa shape index (κ2) is 10.4. The summed E-state index contributed by atoms with van der Waals surface area (Å²) in [7, 11) is 3.54. The largest absolute Gasteiger partial charge is 0.383 e. The van der Waals surface area contributed by atoms with Crippen molar-refractivity contribution in [3.05, 3.63) is 35.4 Å². The zero-order chi connectivity index (χ0) is 18.1. The van der Waals surface area contributed by atoms with Gasteiger partial charge in [-0.2, -0.15) is 0 Å². The fraction of sp³-hybridized carbons (Fsp3) is 0.650. The molecular formula is C20H34N4O. The first kappa shape index (κ1) is 19.7. The van der Waals surface area contributed by atoms with E-state index in [2.05, 4.69) is 58.6 Å². The molecule has 0 aliphatic carbocycles. The third-order valence-electron chi connectivity index (χ3n) is 4.82. The second-order valence-electron chi connectivity index (χ2n) is 7.16. The summed E-state index contributed by atoms with van der Waals surface area (Å²) in [5.41, 5.74) is 2.74. The molecule has 1 aliphatic rings. The molecule has 5 nitrogen and oxygen atoms in total. The Morgan fingerprint density at radius 2 is 1.96 bits per heavy atom. The molecule has 0 aromatic heterocycles. The normalized spacial score (nSPS) is 18.2. The number of aliphatic imine (C=N–C) groups is 1. The lowest BCUT2D eigenvalue weighted by Gasteiger charge is -2.32. The molecule has 1 saturated heterocycles. The zero-order valence-electron chi connectivity index (χ0n) is 16.2.